The molecule has 0 atom stereocenters. The second-order valence-corrected chi connectivity index (χ2v) is 8.50. The number of aromatic nitrogens is 3. The maximum absolute atomic E-state index is 12.8. The number of pyridine rings is 3. The summed E-state index contributed by atoms with van der Waals surface area (Å²) in [6.07, 6.45) is 0.694. The van der Waals surface area contributed by atoms with Crippen LogP contribution in [-0.2, 0) is 17.5 Å². The monoisotopic (exact) mass is 511 g/mol. The van der Waals surface area contributed by atoms with E-state index in [0.717, 1.165) is 28.3 Å². The van der Waals surface area contributed by atoms with Crippen molar-refractivity contribution in [1.29, 1.82) is 0 Å². The normalized spacial score (nSPS) is 12.0. The average molecular weight is 512 g/mol. The summed E-state index contributed by atoms with van der Waals surface area (Å²) in [6, 6.07) is 15.1. The fraction of sp³-hybridized carbons (Fsp3) is 0.154. The molecule has 0 amide bonds. The zero-order chi connectivity index (χ0) is 25.9. The van der Waals surface area contributed by atoms with Gasteiger partial charge in [0.15, 0.2) is 5.49 Å². The third-order valence-corrected chi connectivity index (χ3v) is 5.79. The summed E-state index contributed by atoms with van der Waals surface area (Å²) < 4.78 is 39.9. The lowest BCUT2D eigenvalue weighted by molar-refractivity contribution is -0.141. The zero-order valence-corrected chi connectivity index (χ0v) is 20.1. The van der Waals surface area contributed by atoms with Crippen LogP contribution in [0.25, 0.3) is 22.3 Å². The van der Waals surface area contributed by atoms with E-state index in [1.807, 2.05) is 31.2 Å². The average Bonchev–Trinajstić information content (AvgIpc) is 2.84. The van der Waals surface area contributed by atoms with Gasteiger partial charge in [0.05, 0.1) is 6.54 Å². The molecule has 36 heavy (non-hydrogen) atoms. The van der Waals surface area contributed by atoms with Crippen molar-refractivity contribution >= 4 is 18.0 Å². The molecule has 1 aromatic carbocycles. The molecule has 0 aliphatic rings. The van der Waals surface area contributed by atoms with Crippen LogP contribution < -0.4 is 5.49 Å². The van der Waals surface area contributed by atoms with Crippen LogP contribution in [0.1, 0.15) is 17.0 Å². The molecule has 0 spiro atoms. The lowest BCUT2D eigenvalue weighted by atomic mass is 9.94. The SMILES string of the molecule is Cc1c(-c2ccncc2)c(-c2ccc(Cl)cc2)c/c(=N/N(C)Cc2ccc(C(F)(F)F)nc2)n1C=O. The molecule has 0 saturated heterocycles. The van der Waals surface area contributed by atoms with Gasteiger partial charge in [-0.1, -0.05) is 29.8 Å². The molecule has 0 radical (unpaired) electrons. The second-order valence-electron chi connectivity index (χ2n) is 8.06. The minimum absolute atomic E-state index is 0.186. The van der Waals surface area contributed by atoms with Crippen molar-refractivity contribution in [1.82, 2.24) is 19.5 Å². The second kappa shape index (κ2) is 10.3. The Morgan fingerprint density at radius 2 is 1.75 bits per heavy atom. The molecular weight excluding hydrogens is 491 g/mol. The van der Waals surface area contributed by atoms with Crippen molar-refractivity contribution in [2.24, 2.45) is 5.10 Å². The summed E-state index contributed by atoms with van der Waals surface area (Å²) in [5, 5.41) is 6.70. The van der Waals surface area contributed by atoms with E-state index in [4.69, 9.17) is 11.6 Å². The van der Waals surface area contributed by atoms with Gasteiger partial charge >= 0.3 is 6.18 Å². The highest BCUT2D eigenvalue weighted by Crippen LogP contribution is 2.34. The summed E-state index contributed by atoms with van der Waals surface area (Å²) in [5.74, 6) is 0. The van der Waals surface area contributed by atoms with Crippen LogP contribution in [0, 0.1) is 6.92 Å². The number of carbonyl (C=O) groups is 1. The number of hydrogen-bond acceptors (Lipinski definition) is 5. The van der Waals surface area contributed by atoms with Gasteiger partial charge in [-0.15, -0.1) is 0 Å². The molecule has 0 aliphatic heterocycles. The first-order chi connectivity index (χ1) is 17.2. The Morgan fingerprint density at radius 1 is 1.06 bits per heavy atom. The van der Waals surface area contributed by atoms with E-state index >= 15 is 0 Å². The summed E-state index contributed by atoms with van der Waals surface area (Å²) in [7, 11) is 1.67. The summed E-state index contributed by atoms with van der Waals surface area (Å²) in [4.78, 5) is 19.7. The number of alkyl halides is 3. The smallest absolute Gasteiger partial charge is 0.294 e. The Hall–Kier alpha value is -3.98. The van der Waals surface area contributed by atoms with Crippen LogP contribution in [0.3, 0.4) is 0 Å². The van der Waals surface area contributed by atoms with Crippen LogP contribution in [0.4, 0.5) is 13.2 Å². The van der Waals surface area contributed by atoms with Crippen molar-refractivity contribution in [3.63, 3.8) is 0 Å². The topological polar surface area (TPSA) is 63.4 Å². The molecule has 4 rings (SSSR count). The van der Waals surface area contributed by atoms with E-state index in [0.29, 0.717) is 28.2 Å². The van der Waals surface area contributed by atoms with Crippen molar-refractivity contribution in [2.75, 3.05) is 7.05 Å². The number of benzene rings is 1. The van der Waals surface area contributed by atoms with Crippen LogP contribution in [0.2, 0.25) is 5.02 Å². The van der Waals surface area contributed by atoms with Gasteiger partial charge in [-0.3, -0.25) is 24.3 Å². The molecular formula is C26H21ClF3N5O. The minimum Gasteiger partial charge on any atom is -0.294 e. The molecule has 0 bridgehead atoms. The largest absolute Gasteiger partial charge is 0.433 e. The molecule has 0 aliphatic carbocycles. The molecule has 10 heteroatoms. The molecule has 0 fully saturated rings. The minimum atomic E-state index is -4.50. The Morgan fingerprint density at radius 3 is 2.33 bits per heavy atom. The summed E-state index contributed by atoms with van der Waals surface area (Å²) in [6.45, 7) is 2.01. The molecule has 0 unspecified atom stereocenters. The molecule has 3 aromatic heterocycles. The van der Waals surface area contributed by atoms with E-state index in [9.17, 15) is 18.0 Å². The number of halogens is 4. The quantitative estimate of drug-likeness (QED) is 0.250. The maximum atomic E-state index is 12.8. The highest BCUT2D eigenvalue weighted by Gasteiger charge is 2.32. The Balaban J connectivity index is 1.81. The molecule has 184 valence electrons. The first-order valence-corrected chi connectivity index (χ1v) is 11.2. The lowest BCUT2D eigenvalue weighted by Crippen LogP contribution is -2.28. The highest BCUT2D eigenvalue weighted by molar-refractivity contribution is 6.30. The van der Waals surface area contributed by atoms with Gasteiger partial charge < -0.3 is 0 Å². The van der Waals surface area contributed by atoms with Crippen LogP contribution in [0.5, 0.6) is 0 Å². The van der Waals surface area contributed by atoms with Gasteiger partial charge in [-0.05, 0) is 65.6 Å². The van der Waals surface area contributed by atoms with Crippen molar-refractivity contribution in [3.05, 3.63) is 101 Å². The predicted molar refractivity (Wildman–Crippen MR) is 131 cm³/mol. The van der Waals surface area contributed by atoms with E-state index in [-0.39, 0.29) is 6.54 Å². The predicted octanol–water partition coefficient (Wildman–Crippen LogP) is 5.58. The van der Waals surface area contributed by atoms with Crippen molar-refractivity contribution in [2.45, 2.75) is 19.6 Å². The highest BCUT2D eigenvalue weighted by atomic mass is 35.5. The number of hydrogen-bond donors (Lipinski definition) is 0. The van der Waals surface area contributed by atoms with Crippen LogP contribution in [0.15, 0.2) is 78.3 Å². The van der Waals surface area contributed by atoms with Gasteiger partial charge in [-0.2, -0.15) is 18.3 Å². The first-order valence-electron chi connectivity index (χ1n) is 10.8. The van der Waals surface area contributed by atoms with Gasteiger partial charge in [0.2, 0.25) is 6.41 Å². The van der Waals surface area contributed by atoms with Crippen molar-refractivity contribution in [3.8, 4) is 22.3 Å². The van der Waals surface area contributed by atoms with E-state index in [1.165, 1.54) is 21.8 Å². The maximum Gasteiger partial charge on any atom is 0.433 e. The van der Waals surface area contributed by atoms with Gasteiger partial charge in [0, 0.05) is 41.9 Å². The van der Waals surface area contributed by atoms with Crippen LogP contribution in [-0.4, -0.2) is 33.0 Å². The number of carbonyl (C=O) groups excluding carboxylic acids is 1. The van der Waals surface area contributed by atoms with E-state index < -0.39 is 11.9 Å². The number of rotatable bonds is 6. The van der Waals surface area contributed by atoms with Crippen molar-refractivity contribution < 1.29 is 18.0 Å². The third-order valence-electron chi connectivity index (χ3n) is 5.54. The molecule has 3 heterocycles. The Kier molecular flexibility index (Phi) is 7.21. The van der Waals surface area contributed by atoms with Crippen LogP contribution >= 0.6 is 11.6 Å². The van der Waals surface area contributed by atoms with E-state index in [1.54, 1.807) is 37.6 Å². The Labute approximate surface area is 210 Å². The zero-order valence-electron chi connectivity index (χ0n) is 19.4. The molecule has 0 N–H and O–H groups in total. The fourth-order valence-electron chi connectivity index (χ4n) is 3.87. The lowest BCUT2D eigenvalue weighted by Gasteiger charge is -2.19. The van der Waals surface area contributed by atoms with Gasteiger partial charge in [0.25, 0.3) is 0 Å². The van der Waals surface area contributed by atoms with Gasteiger partial charge in [-0.25, -0.2) is 0 Å². The number of nitrogens with zero attached hydrogens (tertiary/aromatic N) is 5. The fourth-order valence-corrected chi connectivity index (χ4v) is 3.99. The van der Waals surface area contributed by atoms with Gasteiger partial charge in [0.1, 0.15) is 5.69 Å². The third kappa shape index (κ3) is 5.46. The van der Waals surface area contributed by atoms with E-state index in [2.05, 4.69) is 15.1 Å². The standard InChI is InChI=1S/C26H21ClF3N5O/c1-17-25(20-9-11-31-12-10-20)22(19-4-6-21(27)7-5-19)13-24(35(17)16-36)33-34(2)15-18-3-8-23(32-14-18)26(28,29)30/h3-14,16H,15H2,1-2H3/b33-24-. The molecule has 6 nitrogen and oxygen atoms in total. The molecule has 4 aromatic rings. The Bertz CT molecular complexity index is 1430. The summed E-state index contributed by atoms with van der Waals surface area (Å²) in [5.41, 5.74) is 4.00. The summed E-state index contributed by atoms with van der Waals surface area (Å²) >= 11 is 6.10. The molecule has 0 saturated carbocycles. The first kappa shape index (κ1) is 25.1.